The van der Waals surface area contributed by atoms with Gasteiger partial charge in [-0.2, -0.15) is 0 Å². The smallest absolute Gasteiger partial charge is 0.341 e. The van der Waals surface area contributed by atoms with E-state index in [-0.39, 0.29) is 22.0 Å². The number of carboxylic acids is 1. The van der Waals surface area contributed by atoms with E-state index >= 15 is 0 Å². The molecule has 2 aromatic heterocycles. The lowest BCUT2D eigenvalue weighted by Crippen LogP contribution is -2.19. The monoisotopic (exact) mass is 385 g/mol. The maximum absolute atomic E-state index is 13.9. The van der Waals surface area contributed by atoms with Gasteiger partial charge in [0.25, 0.3) is 0 Å². The summed E-state index contributed by atoms with van der Waals surface area (Å²) in [5.74, 6) is -4.30. The van der Waals surface area contributed by atoms with Crippen LogP contribution in [0.1, 0.15) is 10.4 Å². The van der Waals surface area contributed by atoms with Crippen LogP contribution in [0.25, 0.3) is 16.6 Å². The van der Waals surface area contributed by atoms with E-state index in [1.807, 2.05) is 0 Å². The molecule has 0 spiro atoms. The van der Waals surface area contributed by atoms with Crippen LogP contribution in [-0.4, -0.2) is 20.6 Å². The van der Waals surface area contributed by atoms with Gasteiger partial charge < -0.3 is 15.4 Å². The van der Waals surface area contributed by atoms with Gasteiger partial charge in [0.15, 0.2) is 16.8 Å². The minimum atomic E-state index is -1.54. The Morgan fingerprint density at radius 1 is 1.28 bits per heavy atom. The fraction of sp³-hybridized carbons (Fsp3) is 0. The number of hydrogen-bond donors (Lipinski definition) is 2. The maximum atomic E-state index is 13.9. The predicted molar refractivity (Wildman–Crippen MR) is 88.6 cm³/mol. The summed E-state index contributed by atoms with van der Waals surface area (Å²) in [6, 6.07) is 1.91. The quantitative estimate of drug-likeness (QED) is 0.521. The minimum absolute atomic E-state index is 0.00381. The van der Waals surface area contributed by atoms with Gasteiger partial charge in [0, 0.05) is 6.20 Å². The zero-order valence-electron chi connectivity index (χ0n) is 12.1. The van der Waals surface area contributed by atoms with Crippen molar-refractivity contribution in [2.45, 2.75) is 0 Å². The molecule has 0 aliphatic carbocycles. The van der Waals surface area contributed by atoms with Crippen LogP contribution in [0.2, 0.25) is 10.2 Å². The molecular weight excluding hydrogens is 379 g/mol. The van der Waals surface area contributed by atoms with Crippen LogP contribution in [0.3, 0.4) is 0 Å². The lowest BCUT2D eigenvalue weighted by molar-refractivity contribution is 0.0695. The average Bonchev–Trinajstić information content (AvgIpc) is 2.56. The summed E-state index contributed by atoms with van der Waals surface area (Å²) in [4.78, 5) is 27.4. The first-order chi connectivity index (χ1) is 11.7. The molecule has 128 valence electrons. The molecule has 2 heterocycles. The molecule has 3 aromatic rings. The molecule has 3 rings (SSSR count). The fourth-order valence-corrected chi connectivity index (χ4v) is 2.72. The van der Waals surface area contributed by atoms with Crippen molar-refractivity contribution < 1.29 is 18.7 Å². The van der Waals surface area contributed by atoms with Gasteiger partial charge in [-0.05, 0) is 12.1 Å². The summed E-state index contributed by atoms with van der Waals surface area (Å²) >= 11 is 11.6. The van der Waals surface area contributed by atoms with E-state index in [1.54, 1.807) is 0 Å². The van der Waals surface area contributed by atoms with Crippen LogP contribution >= 0.6 is 23.2 Å². The topological polar surface area (TPSA) is 98.2 Å². The number of aromatic nitrogens is 2. The number of nitrogens with zero attached hydrogens (tertiary/aromatic N) is 2. The molecule has 0 amide bonds. The highest BCUT2D eigenvalue weighted by atomic mass is 35.5. The number of carboxylic acid groups (broad SMARTS) is 1. The van der Waals surface area contributed by atoms with E-state index in [4.69, 9.17) is 28.9 Å². The molecule has 1 aromatic carbocycles. The van der Waals surface area contributed by atoms with Gasteiger partial charge in [-0.25, -0.2) is 18.6 Å². The number of benzene rings is 1. The molecule has 6 nitrogen and oxygen atoms in total. The summed E-state index contributed by atoms with van der Waals surface area (Å²) in [5.41, 5.74) is 3.99. The minimum Gasteiger partial charge on any atom is -0.477 e. The highest BCUT2D eigenvalue weighted by Gasteiger charge is 2.22. The molecule has 10 heteroatoms. The number of halogens is 4. The molecule has 0 saturated carbocycles. The van der Waals surface area contributed by atoms with Gasteiger partial charge in [0.05, 0.1) is 28.5 Å². The fourth-order valence-electron chi connectivity index (χ4n) is 2.33. The Hall–Kier alpha value is -2.71. The van der Waals surface area contributed by atoms with Crippen LogP contribution in [0, 0.1) is 11.6 Å². The summed E-state index contributed by atoms with van der Waals surface area (Å²) in [6.45, 7) is 0. The van der Waals surface area contributed by atoms with Crippen molar-refractivity contribution in [3.63, 3.8) is 0 Å². The zero-order valence-corrected chi connectivity index (χ0v) is 13.6. The Kier molecular flexibility index (Phi) is 4.09. The first-order valence-corrected chi connectivity index (χ1v) is 7.35. The van der Waals surface area contributed by atoms with E-state index < -0.39 is 39.0 Å². The van der Waals surface area contributed by atoms with Crippen LogP contribution in [0.4, 0.5) is 14.5 Å². The van der Waals surface area contributed by atoms with Crippen molar-refractivity contribution in [1.82, 2.24) is 9.55 Å². The Bertz CT molecular complexity index is 1120. The number of fused-ring (bicyclic) bond motifs is 1. The highest BCUT2D eigenvalue weighted by molar-refractivity contribution is 6.35. The maximum Gasteiger partial charge on any atom is 0.341 e. The average molecular weight is 386 g/mol. The van der Waals surface area contributed by atoms with Crippen LogP contribution in [0.15, 0.2) is 29.3 Å². The standard InChI is InChI=1S/C15H7Cl2F2N3O3/c16-10-11(19)8(18)2-6-12(10)22(4-7(13(6)23)15(24)25)5-1-9(20)14(17)21-3-5/h1-4H,20H2,(H,24,25). The number of hydrogen-bond acceptors (Lipinski definition) is 4. The van der Waals surface area contributed by atoms with Crippen LogP contribution < -0.4 is 11.2 Å². The number of carbonyl (C=O) groups is 1. The van der Waals surface area contributed by atoms with Gasteiger partial charge in [-0.1, -0.05) is 23.2 Å². The number of anilines is 1. The molecule has 3 N–H and O–H groups in total. The summed E-state index contributed by atoms with van der Waals surface area (Å²) in [7, 11) is 0. The molecule has 0 radical (unpaired) electrons. The molecule has 0 bridgehead atoms. The van der Waals surface area contributed by atoms with Gasteiger partial charge in [0.2, 0.25) is 5.43 Å². The van der Waals surface area contributed by atoms with Crippen molar-refractivity contribution in [1.29, 1.82) is 0 Å². The SMILES string of the molecule is Nc1cc(-n2cc(C(=O)O)c(=O)c3cc(F)c(F)c(Cl)c32)cnc1Cl. The number of nitrogens with two attached hydrogens (primary N) is 1. The van der Waals surface area contributed by atoms with Gasteiger partial charge in [-0.3, -0.25) is 4.79 Å². The van der Waals surface area contributed by atoms with Gasteiger partial charge in [0.1, 0.15) is 10.6 Å². The van der Waals surface area contributed by atoms with E-state index in [9.17, 15) is 23.5 Å². The third-order valence-electron chi connectivity index (χ3n) is 3.49. The van der Waals surface area contributed by atoms with Gasteiger partial charge >= 0.3 is 5.97 Å². The number of nitrogen functional groups attached to an aromatic ring is 1. The third-order valence-corrected chi connectivity index (χ3v) is 4.15. The summed E-state index contributed by atoms with van der Waals surface area (Å²) in [5, 5.41) is 8.12. The number of rotatable bonds is 2. The zero-order chi connectivity index (χ0) is 18.5. The Morgan fingerprint density at radius 3 is 2.56 bits per heavy atom. The highest BCUT2D eigenvalue weighted by Crippen LogP contribution is 2.30. The Balaban J connectivity index is 2.54. The molecule has 25 heavy (non-hydrogen) atoms. The molecule has 0 unspecified atom stereocenters. The van der Waals surface area contributed by atoms with Crippen molar-refractivity contribution in [3.8, 4) is 5.69 Å². The van der Waals surface area contributed by atoms with E-state index in [1.165, 1.54) is 12.3 Å². The lowest BCUT2D eigenvalue weighted by atomic mass is 10.1. The Labute approximate surface area is 148 Å². The van der Waals surface area contributed by atoms with E-state index in [0.717, 1.165) is 10.8 Å². The summed E-state index contributed by atoms with van der Waals surface area (Å²) < 4.78 is 28.6. The lowest BCUT2D eigenvalue weighted by Gasteiger charge is -2.14. The summed E-state index contributed by atoms with van der Waals surface area (Å²) in [6.07, 6.45) is 2.15. The van der Waals surface area contributed by atoms with E-state index in [2.05, 4.69) is 4.98 Å². The second kappa shape index (κ2) is 5.98. The van der Waals surface area contributed by atoms with Crippen molar-refractivity contribution in [3.05, 3.63) is 62.1 Å². The van der Waals surface area contributed by atoms with Gasteiger partial charge in [-0.15, -0.1) is 0 Å². The van der Waals surface area contributed by atoms with Crippen molar-refractivity contribution >= 4 is 45.8 Å². The Morgan fingerprint density at radius 2 is 1.96 bits per heavy atom. The van der Waals surface area contributed by atoms with Crippen molar-refractivity contribution in [2.75, 3.05) is 5.73 Å². The second-order valence-corrected chi connectivity index (χ2v) is 5.74. The number of pyridine rings is 2. The largest absolute Gasteiger partial charge is 0.477 e. The van der Waals surface area contributed by atoms with Crippen LogP contribution in [0.5, 0.6) is 0 Å². The normalized spacial score (nSPS) is 11.0. The number of aromatic carboxylic acids is 1. The molecule has 0 aliphatic heterocycles. The third kappa shape index (κ3) is 2.69. The molecule has 0 saturated heterocycles. The first-order valence-electron chi connectivity index (χ1n) is 6.60. The second-order valence-electron chi connectivity index (χ2n) is 5.00. The molecular formula is C15H7Cl2F2N3O3. The predicted octanol–water partition coefficient (Wildman–Crippen LogP) is 3.25. The van der Waals surface area contributed by atoms with Crippen molar-refractivity contribution in [2.24, 2.45) is 0 Å². The van der Waals surface area contributed by atoms with Crippen LogP contribution in [-0.2, 0) is 0 Å². The van der Waals surface area contributed by atoms with E-state index in [0.29, 0.717) is 6.07 Å². The molecule has 0 aliphatic rings. The molecule has 0 fully saturated rings. The first kappa shape index (κ1) is 17.1. The molecule has 0 atom stereocenters.